The molecule has 100 valence electrons. The molecule has 2 rings (SSSR count). The fraction of sp³-hybridized carbons (Fsp3) is 0.538. The Kier molecular flexibility index (Phi) is 5.41. The quantitative estimate of drug-likeness (QED) is 0.658. The summed E-state index contributed by atoms with van der Waals surface area (Å²) < 4.78 is 31.0. The minimum atomic E-state index is -0.792. The lowest BCUT2D eigenvalue weighted by Crippen LogP contribution is -2.35. The largest absolute Gasteiger partial charge is 0.381 e. The third kappa shape index (κ3) is 4.23. The molecule has 1 fully saturated rings. The zero-order chi connectivity index (χ0) is 12.8. The van der Waals surface area contributed by atoms with Gasteiger partial charge >= 0.3 is 0 Å². The second-order valence-corrected chi connectivity index (χ2v) is 5.43. The Hall–Kier alpha value is -0.650. The number of rotatable bonds is 5. The van der Waals surface area contributed by atoms with Crippen LogP contribution in [0.2, 0.25) is 0 Å². The van der Waals surface area contributed by atoms with E-state index in [1.54, 1.807) is 6.07 Å². The maximum Gasteiger partial charge on any atom is 0.159 e. The molecule has 18 heavy (non-hydrogen) atoms. The highest BCUT2D eigenvalue weighted by Gasteiger charge is 2.12. The maximum atomic E-state index is 13.0. The van der Waals surface area contributed by atoms with Crippen molar-refractivity contribution < 1.29 is 13.5 Å². The molecule has 1 aliphatic rings. The lowest BCUT2D eigenvalue weighted by Gasteiger charge is -2.23. The Morgan fingerprint density at radius 3 is 2.72 bits per heavy atom. The van der Waals surface area contributed by atoms with Crippen molar-refractivity contribution in [3.8, 4) is 0 Å². The predicted octanol–water partition coefficient (Wildman–Crippen LogP) is 2.83. The summed E-state index contributed by atoms with van der Waals surface area (Å²) in [4.78, 5) is 0.766. The lowest BCUT2D eigenvalue weighted by atomic mass is 10.1. The van der Waals surface area contributed by atoms with Crippen LogP contribution in [-0.4, -0.2) is 31.6 Å². The molecule has 0 saturated carbocycles. The van der Waals surface area contributed by atoms with Gasteiger partial charge < -0.3 is 10.1 Å². The third-order valence-electron chi connectivity index (χ3n) is 2.92. The summed E-state index contributed by atoms with van der Waals surface area (Å²) in [5, 5.41) is 3.45. The molecule has 0 bridgehead atoms. The highest BCUT2D eigenvalue weighted by molar-refractivity contribution is 7.99. The van der Waals surface area contributed by atoms with Crippen LogP contribution in [0, 0.1) is 11.6 Å². The molecule has 0 aromatic heterocycles. The molecule has 1 aromatic rings. The van der Waals surface area contributed by atoms with Crippen LogP contribution in [0.3, 0.4) is 0 Å². The minimum Gasteiger partial charge on any atom is -0.381 e. The Morgan fingerprint density at radius 2 is 2.00 bits per heavy atom. The standard InChI is InChI=1S/C13H17F2NOS/c14-12-2-1-11(9-13(12)15)18-8-5-16-10-3-6-17-7-4-10/h1-2,9-10,16H,3-8H2. The molecule has 2 nitrogen and oxygen atoms in total. The second-order valence-electron chi connectivity index (χ2n) is 4.27. The summed E-state index contributed by atoms with van der Waals surface area (Å²) in [7, 11) is 0. The van der Waals surface area contributed by atoms with Crippen LogP contribution in [-0.2, 0) is 4.74 Å². The minimum absolute atomic E-state index is 0.532. The molecule has 0 amide bonds. The molecule has 0 atom stereocenters. The van der Waals surface area contributed by atoms with Crippen molar-refractivity contribution >= 4 is 11.8 Å². The van der Waals surface area contributed by atoms with Crippen molar-refractivity contribution in [2.45, 2.75) is 23.8 Å². The first kappa shape index (κ1) is 13.8. The van der Waals surface area contributed by atoms with Gasteiger partial charge in [-0.25, -0.2) is 8.78 Å². The van der Waals surface area contributed by atoms with E-state index in [2.05, 4.69) is 5.32 Å². The molecule has 0 radical (unpaired) electrons. The fourth-order valence-electron chi connectivity index (χ4n) is 1.90. The monoisotopic (exact) mass is 273 g/mol. The summed E-state index contributed by atoms with van der Waals surface area (Å²) >= 11 is 1.53. The van der Waals surface area contributed by atoms with Gasteiger partial charge in [0.2, 0.25) is 0 Å². The fourth-order valence-corrected chi connectivity index (χ4v) is 2.71. The average molecular weight is 273 g/mol. The molecule has 1 saturated heterocycles. The van der Waals surface area contributed by atoms with Crippen molar-refractivity contribution in [2.75, 3.05) is 25.5 Å². The smallest absolute Gasteiger partial charge is 0.159 e. The number of nitrogens with one attached hydrogen (secondary N) is 1. The van der Waals surface area contributed by atoms with Gasteiger partial charge in [0.25, 0.3) is 0 Å². The first-order valence-corrected chi connectivity index (χ1v) is 7.13. The van der Waals surface area contributed by atoms with E-state index in [9.17, 15) is 8.78 Å². The van der Waals surface area contributed by atoms with E-state index in [1.807, 2.05) is 0 Å². The number of hydrogen-bond donors (Lipinski definition) is 1. The molecule has 1 heterocycles. The van der Waals surface area contributed by atoms with Crippen LogP contribution in [0.5, 0.6) is 0 Å². The third-order valence-corrected chi connectivity index (χ3v) is 3.91. The molecule has 0 aliphatic carbocycles. The normalized spacial score (nSPS) is 17.0. The average Bonchev–Trinajstić information content (AvgIpc) is 2.40. The molecule has 5 heteroatoms. The van der Waals surface area contributed by atoms with E-state index in [-0.39, 0.29) is 0 Å². The van der Waals surface area contributed by atoms with E-state index in [4.69, 9.17) is 4.74 Å². The molecule has 1 N–H and O–H groups in total. The van der Waals surface area contributed by atoms with Crippen LogP contribution >= 0.6 is 11.8 Å². The maximum absolute atomic E-state index is 13.0. The highest BCUT2D eigenvalue weighted by Crippen LogP contribution is 2.19. The molecule has 1 aliphatic heterocycles. The van der Waals surface area contributed by atoms with Gasteiger partial charge in [0, 0.05) is 36.4 Å². The van der Waals surface area contributed by atoms with E-state index >= 15 is 0 Å². The van der Waals surface area contributed by atoms with Crippen LogP contribution < -0.4 is 5.32 Å². The topological polar surface area (TPSA) is 21.3 Å². The van der Waals surface area contributed by atoms with Gasteiger partial charge in [-0.1, -0.05) is 0 Å². The second kappa shape index (κ2) is 7.07. The Bertz CT molecular complexity index is 383. The van der Waals surface area contributed by atoms with E-state index in [1.165, 1.54) is 23.9 Å². The van der Waals surface area contributed by atoms with E-state index in [0.29, 0.717) is 6.04 Å². The Balaban J connectivity index is 1.66. The molecule has 1 aromatic carbocycles. The van der Waals surface area contributed by atoms with E-state index in [0.717, 1.165) is 43.2 Å². The number of hydrogen-bond acceptors (Lipinski definition) is 3. The summed E-state index contributed by atoms with van der Waals surface area (Å²) in [6, 6.07) is 4.56. The lowest BCUT2D eigenvalue weighted by molar-refractivity contribution is 0.0786. The zero-order valence-electron chi connectivity index (χ0n) is 10.1. The zero-order valence-corrected chi connectivity index (χ0v) is 10.9. The highest BCUT2D eigenvalue weighted by atomic mass is 32.2. The Morgan fingerprint density at radius 1 is 1.22 bits per heavy atom. The van der Waals surface area contributed by atoms with Gasteiger partial charge in [0.1, 0.15) is 0 Å². The van der Waals surface area contributed by atoms with Gasteiger partial charge in [-0.2, -0.15) is 0 Å². The van der Waals surface area contributed by atoms with Crippen molar-refractivity contribution in [3.63, 3.8) is 0 Å². The molecular formula is C13H17F2NOS. The van der Waals surface area contributed by atoms with Gasteiger partial charge in [-0.05, 0) is 31.0 Å². The van der Waals surface area contributed by atoms with Crippen LogP contribution in [0.25, 0.3) is 0 Å². The van der Waals surface area contributed by atoms with Gasteiger partial charge in [0.05, 0.1) is 0 Å². The number of halogens is 2. The number of thioether (sulfide) groups is 1. The Labute approximate surface area is 110 Å². The van der Waals surface area contributed by atoms with Crippen LogP contribution in [0.15, 0.2) is 23.1 Å². The van der Waals surface area contributed by atoms with Gasteiger partial charge in [-0.3, -0.25) is 0 Å². The van der Waals surface area contributed by atoms with Crippen molar-refractivity contribution in [1.82, 2.24) is 5.32 Å². The SMILES string of the molecule is Fc1ccc(SCCNC2CCOCC2)cc1F. The summed E-state index contributed by atoms with van der Waals surface area (Å²) in [6.07, 6.45) is 2.10. The summed E-state index contributed by atoms with van der Waals surface area (Å²) in [6.45, 7) is 2.52. The molecular weight excluding hydrogens is 256 g/mol. The van der Waals surface area contributed by atoms with Crippen LogP contribution in [0.4, 0.5) is 8.78 Å². The first-order chi connectivity index (χ1) is 8.75. The molecule has 0 spiro atoms. The van der Waals surface area contributed by atoms with Gasteiger partial charge in [-0.15, -0.1) is 11.8 Å². The molecule has 0 unspecified atom stereocenters. The summed E-state index contributed by atoms with van der Waals surface area (Å²) in [5.74, 6) is -0.723. The first-order valence-electron chi connectivity index (χ1n) is 6.14. The number of ether oxygens (including phenoxy) is 1. The van der Waals surface area contributed by atoms with Crippen LogP contribution in [0.1, 0.15) is 12.8 Å². The predicted molar refractivity (Wildman–Crippen MR) is 68.9 cm³/mol. The summed E-state index contributed by atoms with van der Waals surface area (Å²) in [5.41, 5.74) is 0. The number of benzene rings is 1. The van der Waals surface area contributed by atoms with Gasteiger partial charge in [0.15, 0.2) is 11.6 Å². The van der Waals surface area contributed by atoms with Crippen molar-refractivity contribution in [1.29, 1.82) is 0 Å². The van der Waals surface area contributed by atoms with Crippen molar-refractivity contribution in [3.05, 3.63) is 29.8 Å². The van der Waals surface area contributed by atoms with Crippen molar-refractivity contribution in [2.24, 2.45) is 0 Å². The van der Waals surface area contributed by atoms with E-state index < -0.39 is 11.6 Å².